The van der Waals surface area contributed by atoms with E-state index in [1.54, 1.807) is 0 Å². The molecular weight excluding hydrogens is 160 g/mol. The SMILES string of the molecule is [C-]#[N+]c1ccc(O)c([N+](=O)[O-])c1. The Morgan fingerprint density at radius 2 is 2.25 bits per heavy atom. The molecule has 5 nitrogen and oxygen atoms in total. The van der Waals surface area contributed by atoms with E-state index in [-0.39, 0.29) is 5.69 Å². The van der Waals surface area contributed by atoms with Crippen molar-refractivity contribution in [2.75, 3.05) is 0 Å². The van der Waals surface area contributed by atoms with E-state index < -0.39 is 16.4 Å². The van der Waals surface area contributed by atoms with E-state index in [4.69, 9.17) is 11.7 Å². The highest BCUT2D eigenvalue weighted by Crippen LogP contribution is 2.29. The van der Waals surface area contributed by atoms with Gasteiger partial charge < -0.3 is 5.11 Å². The lowest BCUT2D eigenvalue weighted by molar-refractivity contribution is -0.385. The first-order valence-corrected chi connectivity index (χ1v) is 3.00. The maximum Gasteiger partial charge on any atom is 0.300 e. The van der Waals surface area contributed by atoms with Crippen LogP contribution in [0.5, 0.6) is 5.75 Å². The van der Waals surface area contributed by atoms with Gasteiger partial charge in [-0.25, -0.2) is 4.85 Å². The van der Waals surface area contributed by atoms with Crippen LogP contribution >= 0.6 is 0 Å². The molecule has 0 spiro atoms. The monoisotopic (exact) mass is 164 g/mol. The van der Waals surface area contributed by atoms with Crippen LogP contribution < -0.4 is 0 Å². The molecule has 1 aromatic rings. The highest BCUT2D eigenvalue weighted by molar-refractivity contribution is 5.58. The van der Waals surface area contributed by atoms with Crippen molar-refractivity contribution in [1.82, 2.24) is 0 Å². The average Bonchev–Trinajstić information content (AvgIpc) is 2.05. The molecule has 60 valence electrons. The molecule has 0 unspecified atom stereocenters. The van der Waals surface area contributed by atoms with Gasteiger partial charge in [0.15, 0.2) is 11.4 Å². The molecule has 1 aromatic carbocycles. The number of hydrogen-bond acceptors (Lipinski definition) is 3. The van der Waals surface area contributed by atoms with Gasteiger partial charge in [-0.3, -0.25) is 10.1 Å². The number of rotatable bonds is 1. The molecule has 0 radical (unpaired) electrons. The van der Waals surface area contributed by atoms with Crippen LogP contribution in [0.15, 0.2) is 18.2 Å². The summed E-state index contributed by atoms with van der Waals surface area (Å²) in [4.78, 5) is 12.5. The van der Waals surface area contributed by atoms with Gasteiger partial charge in [0.2, 0.25) is 0 Å². The highest BCUT2D eigenvalue weighted by Gasteiger charge is 2.12. The van der Waals surface area contributed by atoms with Crippen LogP contribution in [0.2, 0.25) is 0 Å². The van der Waals surface area contributed by atoms with Gasteiger partial charge in [-0.2, -0.15) is 0 Å². The minimum atomic E-state index is -0.732. The van der Waals surface area contributed by atoms with Gasteiger partial charge in [0.1, 0.15) is 0 Å². The molecule has 0 heterocycles. The normalized spacial score (nSPS) is 8.92. The molecule has 0 saturated heterocycles. The number of nitro benzene ring substituents is 1. The van der Waals surface area contributed by atoms with Gasteiger partial charge in [0, 0.05) is 6.07 Å². The van der Waals surface area contributed by atoms with Crippen molar-refractivity contribution in [3.8, 4) is 5.75 Å². The number of benzene rings is 1. The van der Waals surface area contributed by atoms with Crippen LogP contribution in [0.25, 0.3) is 4.85 Å². The molecule has 1 N–H and O–H groups in total. The summed E-state index contributed by atoms with van der Waals surface area (Å²) >= 11 is 0. The first-order chi connectivity index (χ1) is 5.65. The molecular formula is C7H4N2O3. The van der Waals surface area contributed by atoms with E-state index in [0.717, 1.165) is 12.1 Å². The summed E-state index contributed by atoms with van der Waals surface area (Å²) in [5, 5.41) is 19.2. The van der Waals surface area contributed by atoms with E-state index in [2.05, 4.69) is 4.85 Å². The van der Waals surface area contributed by atoms with E-state index in [1.165, 1.54) is 6.07 Å². The maximum atomic E-state index is 10.2. The number of phenols is 1. The largest absolute Gasteiger partial charge is 0.502 e. The summed E-state index contributed by atoms with van der Waals surface area (Å²) in [5.74, 6) is -0.424. The van der Waals surface area contributed by atoms with Crippen molar-refractivity contribution >= 4 is 11.4 Å². The number of hydrogen-bond donors (Lipinski definition) is 1. The smallest absolute Gasteiger partial charge is 0.300 e. The Hall–Kier alpha value is -2.09. The summed E-state index contributed by atoms with van der Waals surface area (Å²) in [5.41, 5.74) is -0.303. The van der Waals surface area contributed by atoms with Gasteiger partial charge in [0.25, 0.3) is 0 Å². The van der Waals surface area contributed by atoms with Crippen molar-refractivity contribution in [3.05, 3.63) is 39.7 Å². The fourth-order valence-corrected chi connectivity index (χ4v) is 0.728. The predicted octanol–water partition coefficient (Wildman–Crippen LogP) is 1.85. The molecule has 1 rings (SSSR count). The summed E-state index contributed by atoms with van der Waals surface area (Å²) in [6.07, 6.45) is 0. The molecule has 0 bridgehead atoms. The Balaban J connectivity index is 3.28. The first-order valence-electron chi connectivity index (χ1n) is 3.00. The Kier molecular flexibility index (Phi) is 1.92. The molecule has 12 heavy (non-hydrogen) atoms. The third-order valence-corrected chi connectivity index (χ3v) is 1.28. The van der Waals surface area contributed by atoms with Crippen molar-refractivity contribution in [3.63, 3.8) is 0 Å². The van der Waals surface area contributed by atoms with Gasteiger partial charge in [-0.1, -0.05) is 6.07 Å². The van der Waals surface area contributed by atoms with Crippen LogP contribution in [0.3, 0.4) is 0 Å². The van der Waals surface area contributed by atoms with Gasteiger partial charge in [-0.15, -0.1) is 0 Å². The second-order valence-corrected chi connectivity index (χ2v) is 2.04. The number of nitrogens with zero attached hydrogens (tertiary/aromatic N) is 2. The van der Waals surface area contributed by atoms with Crippen molar-refractivity contribution < 1.29 is 10.0 Å². The molecule has 0 fully saturated rings. The second-order valence-electron chi connectivity index (χ2n) is 2.04. The van der Waals surface area contributed by atoms with Crippen molar-refractivity contribution in [1.29, 1.82) is 0 Å². The van der Waals surface area contributed by atoms with E-state index in [1.807, 2.05) is 0 Å². The Labute approximate surface area is 67.8 Å². The quantitative estimate of drug-likeness (QED) is 0.391. The van der Waals surface area contributed by atoms with Crippen LogP contribution in [-0.4, -0.2) is 10.0 Å². The summed E-state index contributed by atoms with van der Waals surface area (Å²) in [7, 11) is 0. The van der Waals surface area contributed by atoms with Gasteiger partial charge in [-0.05, 0) is 6.07 Å². The van der Waals surface area contributed by atoms with Crippen LogP contribution in [0.4, 0.5) is 11.4 Å². The van der Waals surface area contributed by atoms with E-state index >= 15 is 0 Å². The van der Waals surface area contributed by atoms with Gasteiger partial charge >= 0.3 is 5.69 Å². The number of nitro groups is 1. The fourth-order valence-electron chi connectivity index (χ4n) is 0.728. The third-order valence-electron chi connectivity index (χ3n) is 1.28. The fraction of sp³-hybridized carbons (Fsp3) is 0. The predicted molar refractivity (Wildman–Crippen MR) is 41.0 cm³/mol. The van der Waals surface area contributed by atoms with E-state index in [0.29, 0.717) is 0 Å². The van der Waals surface area contributed by atoms with Crippen molar-refractivity contribution in [2.45, 2.75) is 0 Å². The lowest BCUT2D eigenvalue weighted by Gasteiger charge is -1.94. The molecule has 0 aliphatic rings. The number of phenolic OH excluding ortho intramolecular Hbond substituents is 1. The lowest BCUT2D eigenvalue weighted by Crippen LogP contribution is -1.87. The Morgan fingerprint density at radius 1 is 1.58 bits per heavy atom. The molecule has 5 heteroatoms. The molecule has 0 aliphatic carbocycles. The van der Waals surface area contributed by atoms with Gasteiger partial charge in [0.05, 0.1) is 11.5 Å². The minimum absolute atomic E-state index is 0.138. The van der Waals surface area contributed by atoms with E-state index in [9.17, 15) is 10.1 Å². The molecule has 0 atom stereocenters. The zero-order chi connectivity index (χ0) is 9.14. The standard InChI is InChI=1S/C7H4N2O3/c1-8-5-2-3-7(10)6(4-5)9(11)12/h2-4,10H. The number of aromatic hydroxyl groups is 1. The summed E-state index contributed by atoms with van der Waals surface area (Å²) in [6, 6.07) is 3.48. The second kappa shape index (κ2) is 2.88. The van der Waals surface area contributed by atoms with Crippen LogP contribution in [0, 0.1) is 16.7 Å². The minimum Gasteiger partial charge on any atom is -0.502 e. The highest BCUT2D eigenvalue weighted by atomic mass is 16.6. The average molecular weight is 164 g/mol. The van der Waals surface area contributed by atoms with Crippen molar-refractivity contribution in [2.24, 2.45) is 0 Å². The third kappa shape index (κ3) is 1.32. The van der Waals surface area contributed by atoms with Crippen LogP contribution in [0.1, 0.15) is 0 Å². The molecule has 0 aliphatic heterocycles. The molecule has 0 aromatic heterocycles. The zero-order valence-electron chi connectivity index (χ0n) is 5.89. The topological polar surface area (TPSA) is 67.7 Å². The summed E-state index contributed by atoms with van der Waals surface area (Å²) in [6.45, 7) is 6.57. The zero-order valence-corrected chi connectivity index (χ0v) is 5.89. The first kappa shape index (κ1) is 8.01. The summed E-state index contributed by atoms with van der Waals surface area (Å²) < 4.78 is 0. The van der Waals surface area contributed by atoms with Crippen LogP contribution in [-0.2, 0) is 0 Å². The molecule has 0 amide bonds. The maximum absolute atomic E-state index is 10.2. The molecule has 0 saturated carbocycles. The Morgan fingerprint density at radius 3 is 2.75 bits per heavy atom. The Bertz CT molecular complexity index is 367. The lowest BCUT2D eigenvalue weighted by atomic mass is 10.2.